The number of nitrogens with zero attached hydrogens (tertiary/aromatic N) is 1. The van der Waals surface area contributed by atoms with Gasteiger partial charge >= 0.3 is 0 Å². The summed E-state index contributed by atoms with van der Waals surface area (Å²) in [6.45, 7) is 0.106. The largest absolute Gasteiger partial charge is 0.367 e. The highest BCUT2D eigenvalue weighted by Crippen LogP contribution is 2.13. The van der Waals surface area contributed by atoms with Gasteiger partial charge in [-0.1, -0.05) is 18.2 Å². The molecule has 0 atom stereocenters. The fourth-order valence-electron chi connectivity index (χ4n) is 1.75. The molecular formula is C15H13F2NO. The molecule has 2 aromatic rings. The molecule has 0 radical (unpaired) electrons. The van der Waals surface area contributed by atoms with Crippen LogP contribution in [0.5, 0.6) is 0 Å². The van der Waals surface area contributed by atoms with Gasteiger partial charge in [-0.05, 0) is 30.3 Å². The van der Waals surface area contributed by atoms with Crippen molar-refractivity contribution >= 4 is 11.5 Å². The molecule has 4 heteroatoms. The molecule has 0 aromatic heterocycles. The number of rotatable bonds is 4. The second-order valence-corrected chi connectivity index (χ2v) is 4.24. The molecule has 0 heterocycles. The number of carbonyl (C=O) groups is 1. The van der Waals surface area contributed by atoms with Crippen LogP contribution in [0.1, 0.15) is 10.4 Å². The molecule has 0 N–H and O–H groups in total. The molecule has 0 fully saturated rings. The molecule has 0 aliphatic heterocycles. The molecule has 2 nitrogen and oxygen atoms in total. The summed E-state index contributed by atoms with van der Waals surface area (Å²) in [5.41, 5.74) is 1.06. The lowest BCUT2D eigenvalue weighted by Gasteiger charge is -2.18. The van der Waals surface area contributed by atoms with E-state index in [2.05, 4.69) is 0 Å². The van der Waals surface area contributed by atoms with Crippen molar-refractivity contribution in [2.75, 3.05) is 18.5 Å². The van der Waals surface area contributed by atoms with Gasteiger partial charge in [0.15, 0.2) is 17.4 Å². The van der Waals surface area contributed by atoms with Crippen LogP contribution in [0, 0.1) is 11.6 Å². The number of hydrogen-bond acceptors (Lipinski definition) is 2. The van der Waals surface area contributed by atoms with Crippen molar-refractivity contribution in [1.82, 2.24) is 0 Å². The molecule has 0 saturated heterocycles. The normalized spacial score (nSPS) is 10.3. The first-order chi connectivity index (χ1) is 9.08. The Morgan fingerprint density at radius 1 is 1.05 bits per heavy atom. The van der Waals surface area contributed by atoms with Crippen molar-refractivity contribution in [1.29, 1.82) is 0 Å². The van der Waals surface area contributed by atoms with Crippen LogP contribution in [0.15, 0.2) is 48.5 Å². The summed E-state index contributed by atoms with van der Waals surface area (Å²) >= 11 is 0. The van der Waals surface area contributed by atoms with Gasteiger partial charge in [-0.3, -0.25) is 4.79 Å². The molecule has 0 amide bonds. The number of hydrogen-bond donors (Lipinski definition) is 0. The van der Waals surface area contributed by atoms with E-state index in [1.165, 1.54) is 6.07 Å². The summed E-state index contributed by atoms with van der Waals surface area (Å²) < 4.78 is 25.9. The highest BCUT2D eigenvalue weighted by molar-refractivity contribution is 5.99. The molecular weight excluding hydrogens is 248 g/mol. The van der Waals surface area contributed by atoms with Crippen LogP contribution in [-0.4, -0.2) is 19.4 Å². The molecule has 0 bridgehead atoms. The van der Waals surface area contributed by atoms with E-state index < -0.39 is 11.6 Å². The zero-order chi connectivity index (χ0) is 13.8. The minimum Gasteiger partial charge on any atom is -0.367 e. The van der Waals surface area contributed by atoms with Crippen molar-refractivity contribution in [3.05, 3.63) is 65.7 Å². The van der Waals surface area contributed by atoms with E-state index in [1.807, 2.05) is 30.3 Å². The average Bonchev–Trinajstić information content (AvgIpc) is 2.42. The number of para-hydroxylation sites is 1. The standard InChI is InChI=1S/C15H13F2NO/c1-18(12-5-3-2-4-6-12)10-15(19)11-7-8-13(16)14(17)9-11/h2-9H,10H2,1H3. The number of likely N-dealkylation sites (N-methyl/N-ethyl adjacent to an activating group) is 1. The summed E-state index contributed by atoms with van der Waals surface area (Å²) in [6.07, 6.45) is 0. The Morgan fingerprint density at radius 2 is 1.74 bits per heavy atom. The van der Waals surface area contributed by atoms with Crippen molar-refractivity contribution in [3.63, 3.8) is 0 Å². The minimum absolute atomic E-state index is 0.106. The van der Waals surface area contributed by atoms with Crippen LogP contribution in [0.2, 0.25) is 0 Å². The van der Waals surface area contributed by atoms with E-state index in [4.69, 9.17) is 0 Å². The lowest BCUT2D eigenvalue weighted by atomic mass is 10.1. The van der Waals surface area contributed by atoms with Gasteiger partial charge in [0.05, 0.1) is 6.54 Å². The predicted octanol–water partition coefficient (Wildman–Crippen LogP) is 3.28. The third-order valence-electron chi connectivity index (χ3n) is 2.82. The van der Waals surface area contributed by atoms with E-state index in [-0.39, 0.29) is 17.9 Å². The summed E-state index contributed by atoms with van der Waals surface area (Å²) in [7, 11) is 1.77. The Labute approximate surface area is 110 Å². The molecule has 19 heavy (non-hydrogen) atoms. The Morgan fingerprint density at radius 3 is 2.37 bits per heavy atom. The van der Waals surface area contributed by atoms with Crippen LogP contribution < -0.4 is 4.90 Å². The van der Waals surface area contributed by atoms with Crippen molar-refractivity contribution < 1.29 is 13.6 Å². The molecule has 0 aliphatic rings. The van der Waals surface area contributed by atoms with Gasteiger partial charge in [-0.2, -0.15) is 0 Å². The smallest absolute Gasteiger partial charge is 0.182 e. The first kappa shape index (κ1) is 13.2. The van der Waals surface area contributed by atoms with Crippen LogP contribution in [0.4, 0.5) is 14.5 Å². The Bertz CT molecular complexity index is 584. The first-order valence-electron chi connectivity index (χ1n) is 5.82. The Kier molecular flexibility index (Phi) is 3.90. The number of benzene rings is 2. The van der Waals surface area contributed by atoms with Gasteiger partial charge in [0.1, 0.15) is 0 Å². The topological polar surface area (TPSA) is 20.3 Å². The lowest BCUT2D eigenvalue weighted by molar-refractivity contribution is 0.1000. The number of carbonyl (C=O) groups excluding carboxylic acids is 1. The predicted molar refractivity (Wildman–Crippen MR) is 70.4 cm³/mol. The SMILES string of the molecule is CN(CC(=O)c1ccc(F)c(F)c1)c1ccccc1. The Balaban J connectivity index is 2.11. The number of ketones is 1. The summed E-state index contributed by atoms with van der Waals surface area (Å²) in [5, 5.41) is 0. The zero-order valence-corrected chi connectivity index (χ0v) is 10.4. The highest BCUT2D eigenvalue weighted by atomic mass is 19.2. The van der Waals surface area contributed by atoms with Gasteiger partial charge < -0.3 is 4.90 Å². The van der Waals surface area contributed by atoms with Gasteiger partial charge in [-0.25, -0.2) is 8.78 Å². The van der Waals surface area contributed by atoms with Crippen LogP contribution in [-0.2, 0) is 0 Å². The third kappa shape index (κ3) is 3.16. The fraction of sp³-hybridized carbons (Fsp3) is 0.133. The van der Waals surface area contributed by atoms with Crippen LogP contribution in [0.25, 0.3) is 0 Å². The summed E-state index contributed by atoms with van der Waals surface area (Å²) in [4.78, 5) is 13.7. The maximum Gasteiger partial charge on any atom is 0.182 e. The molecule has 2 rings (SSSR count). The molecule has 98 valence electrons. The van der Waals surface area contributed by atoms with Crippen LogP contribution >= 0.6 is 0 Å². The maximum atomic E-state index is 13.1. The highest BCUT2D eigenvalue weighted by Gasteiger charge is 2.12. The summed E-state index contributed by atoms with van der Waals surface area (Å²) in [6, 6.07) is 12.6. The summed E-state index contributed by atoms with van der Waals surface area (Å²) in [5.74, 6) is -2.22. The lowest BCUT2D eigenvalue weighted by Crippen LogP contribution is -2.25. The second kappa shape index (κ2) is 5.61. The van der Waals surface area contributed by atoms with E-state index in [0.717, 1.165) is 17.8 Å². The van der Waals surface area contributed by atoms with Gasteiger partial charge in [0.2, 0.25) is 0 Å². The quantitative estimate of drug-likeness (QED) is 0.787. The van der Waals surface area contributed by atoms with Crippen molar-refractivity contribution in [2.45, 2.75) is 0 Å². The van der Waals surface area contributed by atoms with E-state index in [1.54, 1.807) is 11.9 Å². The van der Waals surface area contributed by atoms with Gasteiger partial charge in [0.25, 0.3) is 0 Å². The van der Waals surface area contributed by atoms with E-state index >= 15 is 0 Å². The molecule has 0 aliphatic carbocycles. The number of halogens is 2. The third-order valence-corrected chi connectivity index (χ3v) is 2.82. The number of anilines is 1. The van der Waals surface area contributed by atoms with Crippen molar-refractivity contribution in [2.24, 2.45) is 0 Å². The first-order valence-corrected chi connectivity index (χ1v) is 5.82. The monoisotopic (exact) mass is 261 g/mol. The molecule has 2 aromatic carbocycles. The minimum atomic E-state index is -1.01. The molecule has 0 unspecified atom stereocenters. The maximum absolute atomic E-state index is 13.1. The van der Waals surface area contributed by atoms with Gasteiger partial charge in [0, 0.05) is 18.3 Å². The number of Topliss-reactive ketones (excluding diaryl/α,β-unsaturated/α-hetero) is 1. The molecule has 0 spiro atoms. The second-order valence-electron chi connectivity index (χ2n) is 4.24. The fourth-order valence-corrected chi connectivity index (χ4v) is 1.75. The molecule has 0 saturated carbocycles. The van der Waals surface area contributed by atoms with E-state index in [0.29, 0.717) is 0 Å². The van der Waals surface area contributed by atoms with Gasteiger partial charge in [-0.15, -0.1) is 0 Å². The van der Waals surface area contributed by atoms with Crippen LogP contribution in [0.3, 0.4) is 0 Å². The Hall–Kier alpha value is -2.23. The van der Waals surface area contributed by atoms with Crippen molar-refractivity contribution in [3.8, 4) is 0 Å². The average molecular weight is 261 g/mol. The zero-order valence-electron chi connectivity index (χ0n) is 10.4. The van der Waals surface area contributed by atoms with E-state index in [9.17, 15) is 13.6 Å².